The van der Waals surface area contributed by atoms with E-state index in [1.807, 2.05) is 18.2 Å². The van der Waals surface area contributed by atoms with Crippen LogP contribution in [0.5, 0.6) is 0 Å². The molecule has 1 amide bonds. The van der Waals surface area contributed by atoms with Crippen LogP contribution in [0.4, 0.5) is 10.7 Å². The Morgan fingerprint density at radius 3 is 2.53 bits per heavy atom. The average molecular weight is 499 g/mol. The number of aromatic nitrogens is 5. The van der Waals surface area contributed by atoms with Crippen LogP contribution in [0, 0.1) is 10.1 Å². The van der Waals surface area contributed by atoms with Crippen molar-refractivity contribution in [2.75, 3.05) is 0 Å². The van der Waals surface area contributed by atoms with Crippen LogP contribution in [-0.2, 0) is 27.4 Å². The van der Waals surface area contributed by atoms with Gasteiger partial charge in [0.15, 0.2) is 5.82 Å². The van der Waals surface area contributed by atoms with E-state index in [1.165, 1.54) is 16.8 Å². The predicted molar refractivity (Wildman–Crippen MR) is 124 cm³/mol. The van der Waals surface area contributed by atoms with Crippen molar-refractivity contribution in [3.63, 3.8) is 0 Å². The lowest BCUT2D eigenvalue weighted by molar-refractivity contribution is -0.394. The SMILES string of the molecule is CC(C)(C)OC(=O)N[C@@H](CC(=O)OCc1ccccc1)Cn1ccc(-n2cnc([N+](=O)[O-])n2)nc1=O. The second kappa shape index (κ2) is 11.2. The van der Waals surface area contributed by atoms with Crippen molar-refractivity contribution in [3.05, 3.63) is 75.1 Å². The Labute approximate surface area is 205 Å². The van der Waals surface area contributed by atoms with Crippen molar-refractivity contribution >= 4 is 18.0 Å². The zero-order valence-corrected chi connectivity index (χ0v) is 19.9. The third-order valence-corrected chi connectivity index (χ3v) is 4.53. The quantitative estimate of drug-likeness (QED) is 0.259. The molecule has 190 valence electrons. The van der Waals surface area contributed by atoms with Gasteiger partial charge in [-0.3, -0.25) is 9.36 Å². The molecule has 1 aromatic carbocycles. The van der Waals surface area contributed by atoms with Gasteiger partial charge in [0.2, 0.25) is 6.33 Å². The molecule has 0 fully saturated rings. The number of carbonyl (C=O) groups is 2. The first-order valence-corrected chi connectivity index (χ1v) is 10.8. The van der Waals surface area contributed by atoms with E-state index in [-0.39, 0.29) is 25.4 Å². The highest BCUT2D eigenvalue weighted by atomic mass is 16.6. The maximum absolute atomic E-state index is 12.6. The van der Waals surface area contributed by atoms with E-state index in [2.05, 4.69) is 20.4 Å². The standard InChI is InChI=1S/C22H25N7O7/c1-22(2,3)36-21(32)24-16(11-18(30)35-13-15-7-5-4-6-8-15)12-27-10-9-17(25-20(27)31)28-14-23-19(26-28)29(33)34/h4-10,14,16H,11-13H2,1-3H3,(H,24,32)/t16-/m0/s1. The van der Waals surface area contributed by atoms with Gasteiger partial charge in [0.05, 0.1) is 12.5 Å². The molecule has 3 aromatic rings. The molecule has 0 aliphatic rings. The highest BCUT2D eigenvalue weighted by molar-refractivity contribution is 5.73. The van der Waals surface area contributed by atoms with E-state index in [9.17, 15) is 24.5 Å². The topological polar surface area (TPSA) is 173 Å². The number of esters is 1. The van der Waals surface area contributed by atoms with Crippen LogP contribution in [0.15, 0.2) is 53.7 Å². The maximum Gasteiger partial charge on any atom is 0.491 e. The Hall–Kier alpha value is -4.62. The lowest BCUT2D eigenvalue weighted by Crippen LogP contribution is -2.44. The third-order valence-electron chi connectivity index (χ3n) is 4.53. The van der Waals surface area contributed by atoms with Crippen LogP contribution in [0.1, 0.15) is 32.8 Å². The van der Waals surface area contributed by atoms with Gasteiger partial charge < -0.3 is 24.9 Å². The van der Waals surface area contributed by atoms with Gasteiger partial charge in [-0.05, 0) is 31.3 Å². The minimum absolute atomic E-state index is 0.00997. The first-order valence-electron chi connectivity index (χ1n) is 10.8. The van der Waals surface area contributed by atoms with E-state index in [0.29, 0.717) is 0 Å². The number of nitro groups is 1. The molecule has 3 rings (SSSR count). The van der Waals surface area contributed by atoms with Crippen LogP contribution in [-0.4, -0.2) is 52.9 Å². The summed E-state index contributed by atoms with van der Waals surface area (Å²) in [6.45, 7) is 5.01. The maximum atomic E-state index is 12.6. The van der Waals surface area contributed by atoms with E-state index in [1.54, 1.807) is 32.9 Å². The predicted octanol–water partition coefficient (Wildman–Crippen LogP) is 1.76. The van der Waals surface area contributed by atoms with Crippen molar-refractivity contribution in [2.45, 2.75) is 52.0 Å². The van der Waals surface area contributed by atoms with Gasteiger partial charge in [0, 0.05) is 23.9 Å². The normalized spacial score (nSPS) is 12.0. The van der Waals surface area contributed by atoms with Crippen molar-refractivity contribution in [3.8, 4) is 5.82 Å². The second-order valence-corrected chi connectivity index (χ2v) is 8.66. The van der Waals surface area contributed by atoms with Crippen LogP contribution >= 0.6 is 0 Å². The number of carbonyl (C=O) groups excluding carboxylic acids is 2. The summed E-state index contributed by atoms with van der Waals surface area (Å²) in [7, 11) is 0. The summed E-state index contributed by atoms with van der Waals surface area (Å²) >= 11 is 0. The van der Waals surface area contributed by atoms with E-state index in [0.717, 1.165) is 16.6 Å². The molecule has 0 bridgehead atoms. The summed E-state index contributed by atoms with van der Waals surface area (Å²) in [5.74, 6) is -1.22. The highest BCUT2D eigenvalue weighted by Crippen LogP contribution is 2.10. The Kier molecular flexibility index (Phi) is 8.09. The van der Waals surface area contributed by atoms with E-state index in [4.69, 9.17) is 9.47 Å². The van der Waals surface area contributed by atoms with Gasteiger partial charge in [-0.1, -0.05) is 35.3 Å². The molecule has 1 N–H and O–H groups in total. The van der Waals surface area contributed by atoms with Gasteiger partial charge in [0.25, 0.3) is 0 Å². The lowest BCUT2D eigenvalue weighted by Gasteiger charge is -2.23. The molecule has 0 spiro atoms. The van der Waals surface area contributed by atoms with Crippen LogP contribution in [0.3, 0.4) is 0 Å². The number of hydrogen-bond donors (Lipinski definition) is 1. The minimum Gasteiger partial charge on any atom is -0.461 e. The Morgan fingerprint density at radius 2 is 1.92 bits per heavy atom. The Balaban J connectivity index is 1.73. The Bertz CT molecular complexity index is 1280. The van der Waals surface area contributed by atoms with Gasteiger partial charge >= 0.3 is 23.7 Å². The first-order chi connectivity index (χ1) is 17.0. The number of ether oxygens (including phenoxy) is 2. The molecule has 0 aliphatic carbocycles. The summed E-state index contributed by atoms with van der Waals surface area (Å²) in [5.41, 5.74) is -0.714. The molecule has 14 nitrogen and oxygen atoms in total. The molecule has 36 heavy (non-hydrogen) atoms. The molecule has 1 atom stereocenters. The largest absolute Gasteiger partial charge is 0.491 e. The number of alkyl carbamates (subject to hydrolysis) is 1. The van der Waals surface area contributed by atoms with Crippen LogP contribution < -0.4 is 11.0 Å². The molecular weight excluding hydrogens is 474 g/mol. The van der Waals surface area contributed by atoms with Crippen molar-refractivity contribution in [2.24, 2.45) is 0 Å². The van der Waals surface area contributed by atoms with Crippen LogP contribution in [0.25, 0.3) is 5.82 Å². The molecule has 14 heteroatoms. The highest BCUT2D eigenvalue weighted by Gasteiger charge is 2.23. The second-order valence-electron chi connectivity index (χ2n) is 8.66. The van der Waals surface area contributed by atoms with E-state index < -0.39 is 40.3 Å². The Morgan fingerprint density at radius 1 is 1.19 bits per heavy atom. The van der Waals surface area contributed by atoms with Gasteiger partial charge in [-0.15, -0.1) is 4.68 Å². The number of nitrogens with one attached hydrogen (secondary N) is 1. The molecule has 0 radical (unpaired) electrons. The number of benzene rings is 1. The van der Waals surface area contributed by atoms with Gasteiger partial charge in [0.1, 0.15) is 12.2 Å². The number of nitrogens with zero attached hydrogens (tertiary/aromatic N) is 6. The van der Waals surface area contributed by atoms with E-state index >= 15 is 0 Å². The zero-order valence-electron chi connectivity index (χ0n) is 19.9. The summed E-state index contributed by atoms with van der Waals surface area (Å²) in [6, 6.07) is 9.61. The van der Waals surface area contributed by atoms with Crippen molar-refractivity contribution in [1.29, 1.82) is 0 Å². The summed E-state index contributed by atoms with van der Waals surface area (Å²) in [4.78, 5) is 54.8. The summed E-state index contributed by atoms with van der Waals surface area (Å²) < 4.78 is 12.7. The molecule has 0 saturated carbocycles. The minimum atomic E-state index is -0.860. The van der Waals surface area contributed by atoms with Crippen LogP contribution in [0.2, 0.25) is 0 Å². The smallest absolute Gasteiger partial charge is 0.461 e. The number of rotatable bonds is 9. The van der Waals surface area contributed by atoms with Crippen molar-refractivity contribution < 1.29 is 24.0 Å². The molecule has 0 unspecified atom stereocenters. The molecule has 0 saturated heterocycles. The zero-order chi connectivity index (χ0) is 26.3. The fourth-order valence-corrected chi connectivity index (χ4v) is 3.01. The molecule has 2 heterocycles. The molecule has 0 aliphatic heterocycles. The first kappa shape index (κ1) is 26.0. The molecule has 2 aromatic heterocycles. The summed E-state index contributed by atoms with van der Waals surface area (Å²) in [6.07, 6.45) is 1.41. The fraction of sp³-hybridized carbons (Fsp3) is 0.364. The summed E-state index contributed by atoms with van der Waals surface area (Å²) in [5, 5.41) is 17.0. The monoisotopic (exact) mass is 499 g/mol. The third kappa shape index (κ3) is 7.72. The average Bonchev–Trinajstić information content (AvgIpc) is 3.29. The number of amides is 1. The molecular formula is C22H25N7O7. The van der Waals surface area contributed by atoms with Gasteiger partial charge in [-0.2, -0.15) is 4.98 Å². The van der Waals surface area contributed by atoms with Crippen molar-refractivity contribution in [1.82, 2.24) is 29.6 Å². The fourth-order valence-electron chi connectivity index (χ4n) is 3.01. The lowest BCUT2D eigenvalue weighted by atomic mass is 10.2. The van der Waals surface area contributed by atoms with Gasteiger partial charge in [-0.25, -0.2) is 9.59 Å². The number of hydrogen-bond acceptors (Lipinski definition) is 10.